The molecule has 1 atom stereocenters. The van der Waals surface area contributed by atoms with Crippen LogP contribution in [0.4, 0.5) is 0 Å². The monoisotopic (exact) mass is 400 g/mol. The zero-order valence-corrected chi connectivity index (χ0v) is 16.1. The van der Waals surface area contributed by atoms with Crippen LogP contribution in [0.5, 0.6) is 5.75 Å². The molecule has 2 rings (SSSR count). The minimum absolute atomic E-state index is 0.0276. The number of Topliss-reactive ketones (excluding diaryl/α,β-unsaturated/α-hetero) is 1. The summed E-state index contributed by atoms with van der Waals surface area (Å²) in [6, 6.07) is 6.42. The molecule has 1 aliphatic carbocycles. The summed E-state index contributed by atoms with van der Waals surface area (Å²) in [5, 5.41) is 0. The third kappa shape index (κ3) is 3.69. The van der Waals surface area contributed by atoms with Gasteiger partial charge in [0.1, 0.15) is 5.75 Å². The van der Waals surface area contributed by atoms with Crippen LogP contribution < -0.4 is 4.74 Å². The molecule has 6 heteroatoms. The molecule has 0 bridgehead atoms. The van der Waals surface area contributed by atoms with E-state index >= 15 is 0 Å². The van der Waals surface area contributed by atoms with Crippen LogP contribution in [0.3, 0.4) is 0 Å². The minimum Gasteiger partial charge on any atom is -0.497 e. The van der Waals surface area contributed by atoms with Crippen LogP contribution in [0.15, 0.2) is 40.3 Å². The van der Waals surface area contributed by atoms with E-state index in [9.17, 15) is 13.2 Å². The first-order chi connectivity index (χ1) is 10.6. The van der Waals surface area contributed by atoms with Gasteiger partial charge in [0.25, 0.3) is 0 Å². The van der Waals surface area contributed by atoms with Crippen LogP contribution in [-0.4, -0.2) is 31.9 Å². The quantitative estimate of drug-likeness (QED) is 0.724. The largest absolute Gasteiger partial charge is 0.497 e. The van der Waals surface area contributed by atoms with Crippen LogP contribution in [0.25, 0.3) is 0 Å². The summed E-state index contributed by atoms with van der Waals surface area (Å²) in [5.74, 6) is 0.321. The molecule has 0 amide bonds. The second kappa shape index (κ2) is 6.40. The van der Waals surface area contributed by atoms with Crippen LogP contribution in [0, 0.1) is 5.41 Å². The van der Waals surface area contributed by atoms with Crippen molar-refractivity contribution in [2.24, 2.45) is 5.41 Å². The highest BCUT2D eigenvalue weighted by Crippen LogP contribution is 2.42. The summed E-state index contributed by atoms with van der Waals surface area (Å²) in [7, 11) is -2.05. The van der Waals surface area contributed by atoms with Gasteiger partial charge in [-0.3, -0.25) is 4.79 Å². The number of allylic oxidation sites excluding steroid dienone is 1. The zero-order valence-electron chi connectivity index (χ0n) is 13.7. The van der Waals surface area contributed by atoms with Crippen molar-refractivity contribution >= 4 is 31.6 Å². The van der Waals surface area contributed by atoms with Gasteiger partial charge in [0.05, 0.1) is 22.6 Å². The molecule has 0 saturated heterocycles. The first-order valence-corrected chi connectivity index (χ1v) is 9.90. The van der Waals surface area contributed by atoms with Crippen molar-refractivity contribution in [3.63, 3.8) is 0 Å². The number of benzene rings is 1. The zero-order chi connectivity index (χ0) is 17.4. The summed E-state index contributed by atoms with van der Waals surface area (Å²) in [6.07, 6.45) is 0.589. The molecular formula is C17H21BrO4S. The Morgan fingerprint density at radius 3 is 2.61 bits per heavy atom. The average Bonchev–Trinajstić information content (AvgIpc) is 2.49. The van der Waals surface area contributed by atoms with Gasteiger partial charge in [-0.15, -0.1) is 0 Å². The Bertz CT molecular complexity index is 763. The maximum atomic E-state index is 12.8. The normalized spacial score (nSPS) is 21.4. The number of carbonyl (C=O) groups excluding carboxylic acids is 1. The SMILES string of the molecule is COc1cccc(S(=O)(=O)CC2=C(C)C(=O)C(Br)CC2(C)C)c1. The van der Waals surface area contributed by atoms with E-state index in [4.69, 9.17) is 4.74 Å². The van der Waals surface area contributed by atoms with E-state index in [0.717, 1.165) is 0 Å². The van der Waals surface area contributed by atoms with Gasteiger partial charge in [0.2, 0.25) is 0 Å². The molecule has 126 valence electrons. The highest BCUT2D eigenvalue weighted by molar-refractivity contribution is 9.10. The topological polar surface area (TPSA) is 60.4 Å². The van der Waals surface area contributed by atoms with Crippen molar-refractivity contribution in [3.8, 4) is 5.75 Å². The van der Waals surface area contributed by atoms with Gasteiger partial charge in [-0.1, -0.05) is 35.8 Å². The highest BCUT2D eigenvalue weighted by Gasteiger charge is 2.39. The van der Waals surface area contributed by atoms with Crippen LogP contribution >= 0.6 is 15.9 Å². The highest BCUT2D eigenvalue weighted by atomic mass is 79.9. The van der Waals surface area contributed by atoms with Gasteiger partial charge in [0.15, 0.2) is 15.6 Å². The van der Waals surface area contributed by atoms with Crippen LogP contribution in [0.1, 0.15) is 27.2 Å². The van der Waals surface area contributed by atoms with Gasteiger partial charge in [0, 0.05) is 0 Å². The van der Waals surface area contributed by atoms with Gasteiger partial charge in [-0.05, 0) is 48.1 Å². The molecule has 0 aromatic heterocycles. The number of rotatable bonds is 4. The van der Waals surface area contributed by atoms with Crippen molar-refractivity contribution < 1.29 is 17.9 Å². The van der Waals surface area contributed by atoms with E-state index in [-0.39, 0.29) is 26.7 Å². The molecule has 0 N–H and O–H groups in total. The molecule has 23 heavy (non-hydrogen) atoms. The van der Waals surface area contributed by atoms with E-state index < -0.39 is 9.84 Å². The number of alkyl halides is 1. The molecule has 1 aromatic carbocycles. The molecule has 0 saturated carbocycles. The Morgan fingerprint density at radius 2 is 2.00 bits per heavy atom. The van der Waals surface area contributed by atoms with E-state index in [0.29, 0.717) is 23.3 Å². The van der Waals surface area contributed by atoms with Crippen LogP contribution in [0.2, 0.25) is 0 Å². The molecular weight excluding hydrogens is 380 g/mol. The van der Waals surface area contributed by atoms with Gasteiger partial charge in [-0.2, -0.15) is 0 Å². The summed E-state index contributed by atoms with van der Waals surface area (Å²) in [5.41, 5.74) is 0.897. The molecule has 1 unspecified atom stereocenters. The Balaban J connectivity index is 2.44. The Hall–Kier alpha value is -1.14. The van der Waals surface area contributed by atoms with Gasteiger partial charge >= 0.3 is 0 Å². The summed E-state index contributed by atoms with van der Waals surface area (Å²) in [4.78, 5) is 12.2. The molecule has 1 aliphatic rings. The third-order valence-electron chi connectivity index (χ3n) is 4.35. The van der Waals surface area contributed by atoms with Gasteiger partial charge in [-0.25, -0.2) is 8.42 Å². The van der Waals surface area contributed by atoms with Crippen molar-refractivity contribution in [2.45, 2.75) is 36.9 Å². The number of halogens is 1. The molecule has 0 heterocycles. The average molecular weight is 401 g/mol. The van der Waals surface area contributed by atoms with Crippen molar-refractivity contribution in [2.75, 3.05) is 12.9 Å². The number of ketones is 1. The van der Waals surface area contributed by atoms with Crippen LogP contribution in [-0.2, 0) is 14.6 Å². The van der Waals surface area contributed by atoms with Crippen molar-refractivity contribution in [1.29, 1.82) is 0 Å². The fourth-order valence-corrected chi connectivity index (χ4v) is 5.82. The molecule has 1 aromatic rings. The van der Waals surface area contributed by atoms with Crippen molar-refractivity contribution in [3.05, 3.63) is 35.4 Å². The predicted molar refractivity (Wildman–Crippen MR) is 93.9 cm³/mol. The lowest BCUT2D eigenvalue weighted by Gasteiger charge is -2.36. The predicted octanol–water partition coefficient (Wildman–Crippen LogP) is 3.55. The third-order valence-corrected chi connectivity index (χ3v) is 6.73. The molecule has 0 spiro atoms. The first kappa shape index (κ1) is 18.2. The number of carbonyl (C=O) groups is 1. The molecule has 0 fully saturated rings. The maximum Gasteiger partial charge on any atom is 0.182 e. The van der Waals surface area contributed by atoms with Gasteiger partial charge < -0.3 is 4.74 Å². The number of methoxy groups -OCH3 is 1. The summed E-state index contributed by atoms with van der Waals surface area (Å²) >= 11 is 3.39. The fraction of sp³-hybridized carbons (Fsp3) is 0.471. The maximum absolute atomic E-state index is 12.8. The molecule has 0 radical (unpaired) electrons. The van der Waals surface area contributed by atoms with Crippen molar-refractivity contribution in [1.82, 2.24) is 0 Å². The second-order valence-corrected chi connectivity index (χ2v) is 9.56. The Morgan fingerprint density at radius 1 is 1.35 bits per heavy atom. The van der Waals surface area contributed by atoms with E-state index in [1.807, 2.05) is 13.8 Å². The lowest BCUT2D eigenvalue weighted by atomic mass is 9.73. The standard InChI is InChI=1S/C17H21BrO4S/c1-11-14(17(2,3)9-15(18)16(11)19)10-23(20,21)13-7-5-6-12(8-13)22-4/h5-8,15H,9-10H2,1-4H3. The second-order valence-electron chi connectivity index (χ2n) is 6.46. The fourth-order valence-electron chi connectivity index (χ4n) is 2.93. The van der Waals surface area contributed by atoms with E-state index in [1.165, 1.54) is 13.2 Å². The molecule has 4 nitrogen and oxygen atoms in total. The Kier molecular flexibility index (Phi) is 5.06. The Labute approximate surface area is 146 Å². The van der Waals surface area contributed by atoms with E-state index in [2.05, 4.69) is 15.9 Å². The number of sulfone groups is 1. The summed E-state index contributed by atoms with van der Waals surface area (Å²) in [6.45, 7) is 5.68. The van der Waals surface area contributed by atoms with E-state index in [1.54, 1.807) is 25.1 Å². The summed E-state index contributed by atoms with van der Waals surface area (Å²) < 4.78 is 30.7. The lowest BCUT2D eigenvalue weighted by Crippen LogP contribution is -2.35. The number of ether oxygens (including phenoxy) is 1. The first-order valence-electron chi connectivity index (χ1n) is 7.34. The molecule has 0 aliphatic heterocycles. The lowest BCUT2D eigenvalue weighted by molar-refractivity contribution is -0.116. The smallest absolute Gasteiger partial charge is 0.182 e. The number of hydrogen-bond donors (Lipinski definition) is 0. The minimum atomic E-state index is -3.54. The number of hydrogen-bond acceptors (Lipinski definition) is 4.